The zero-order valence-electron chi connectivity index (χ0n) is 11.4. The summed E-state index contributed by atoms with van der Waals surface area (Å²) in [5.41, 5.74) is 0. The van der Waals surface area contributed by atoms with E-state index < -0.39 is 0 Å². The highest BCUT2D eigenvalue weighted by Crippen LogP contribution is 2.00. The van der Waals surface area contributed by atoms with E-state index in [9.17, 15) is 4.79 Å². The standard InChI is InChI=1S/C12H25ClN2O4/c13-5-3-1-2-4-7-17-9-10-18-8-6-15-12(16)11-19-14/h1-11,14H2,(H,15,16). The SMILES string of the molecule is NOCC(=O)NCCOCCOCCCCCCCl. The molecule has 0 radical (unpaired) electrons. The molecule has 0 unspecified atom stereocenters. The molecule has 0 spiro atoms. The molecule has 114 valence electrons. The van der Waals surface area contributed by atoms with Crippen LogP contribution < -0.4 is 11.2 Å². The molecule has 0 aromatic carbocycles. The van der Waals surface area contributed by atoms with Crippen molar-refractivity contribution in [2.75, 3.05) is 45.5 Å². The van der Waals surface area contributed by atoms with Crippen molar-refractivity contribution in [3.63, 3.8) is 0 Å². The number of hydrogen-bond acceptors (Lipinski definition) is 5. The van der Waals surface area contributed by atoms with Crippen LogP contribution in [0.3, 0.4) is 0 Å². The van der Waals surface area contributed by atoms with Crippen molar-refractivity contribution in [1.29, 1.82) is 0 Å². The second-order valence-electron chi connectivity index (χ2n) is 3.99. The topological polar surface area (TPSA) is 82.8 Å². The van der Waals surface area contributed by atoms with Crippen molar-refractivity contribution in [1.82, 2.24) is 5.32 Å². The monoisotopic (exact) mass is 296 g/mol. The molecular weight excluding hydrogens is 272 g/mol. The van der Waals surface area contributed by atoms with Gasteiger partial charge in [0.1, 0.15) is 6.61 Å². The molecule has 0 heterocycles. The smallest absolute Gasteiger partial charge is 0.248 e. The number of unbranched alkanes of at least 4 members (excludes halogenated alkanes) is 3. The van der Waals surface area contributed by atoms with Crippen LogP contribution >= 0.6 is 11.6 Å². The predicted molar refractivity (Wildman–Crippen MR) is 74.0 cm³/mol. The molecular formula is C12H25ClN2O4. The Morgan fingerprint density at radius 2 is 1.68 bits per heavy atom. The van der Waals surface area contributed by atoms with Gasteiger partial charge in [0.2, 0.25) is 5.91 Å². The molecule has 0 fully saturated rings. The Balaban J connectivity index is 3.01. The maximum Gasteiger partial charge on any atom is 0.248 e. The lowest BCUT2D eigenvalue weighted by atomic mass is 10.2. The van der Waals surface area contributed by atoms with Gasteiger partial charge in [-0.15, -0.1) is 11.6 Å². The summed E-state index contributed by atoms with van der Waals surface area (Å²) in [7, 11) is 0. The molecule has 0 aliphatic rings. The lowest BCUT2D eigenvalue weighted by Crippen LogP contribution is -2.31. The van der Waals surface area contributed by atoms with E-state index in [-0.39, 0.29) is 12.5 Å². The molecule has 0 atom stereocenters. The Hall–Kier alpha value is -0.400. The zero-order chi connectivity index (χ0) is 14.2. The first kappa shape index (κ1) is 18.6. The first-order valence-electron chi connectivity index (χ1n) is 6.61. The zero-order valence-corrected chi connectivity index (χ0v) is 12.1. The molecule has 19 heavy (non-hydrogen) atoms. The fourth-order valence-corrected chi connectivity index (χ4v) is 1.55. The van der Waals surface area contributed by atoms with Crippen molar-refractivity contribution in [2.24, 2.45) is 5.90 Å². The van der Waals surface area contributed by atoms with Crippen LogP contribution in [0.4, 0.5) is 0 Å². The number of nitrogens with one attached hydrogen (secondary N) is 1. The molecule has 0 aliphatic heterocycles. The molecule has 0 saturated heterocycles. The van der Waals surface area contributed by atoms with Gasteiger partial charge in [-0.1, -0.05) is 12.8 Å². The van der Waals surface area contributed by atoms with E-state index in [0.717, 1.165) is 38.2 Å². The summed E-state index contributed by atoms with van der Waals surface area (Å²) >= 11 is 5.57. The fraction of sp³-hybridized carbons (Fsp3) is 0.917. The third-order valence-corrected chi connectivity index (χ3v) is 2.59. The summed E-state index contributed by atoms with van der Waals surface area (Å²) in [6.07, 6.45) is 4.45. The minimum absolute atomic E-state index is 0.132. The summed E-state index contributed by atoms with van der Waals surface area (Å²) in [5.74, 6) is 5.24. The highest BCUT2D eigenvalue weighted by atomic mass is 35.5. The van der Waals surface area contributed by atoms with E-state index in [1.807, 2.05) is 0 Å². The molecule has 3 N–H and O–H groups in total. The maximum atomic E-state index is 10.9. The van der Waals surface area contributed by atoms with Gasteiger partial charge in [0.05, 0.1) is 19.8 Å². The summed E-state index contributed by atoms with van der Waals surface area (Å²) in [4.78, 5) is 15.1. The number of halogens is 1. The second kappa shape index (κ2) is 15.7. The molecule has 0 bridgehead atoms. The van der Waals surface area contributed by atoms with Crippen molar-refractivity contribution in [3.05, 3.63) is 0 Å². The van der Waals surface area contributed by atoms with E-state index in [4.69, 9.17) is 27.0 Å². The molecule has 0 aromatic rings. The first-order valence-corrected chi connectivity index (χ1v) is 7.14. The largest absolute Gasteiger partial charge is 0.379 e. The number of carbonyl (C=O) groups excluding carboxylic acids is 1. The van der Waals surface area contributed by atoms with Crippen LogP contribution in [-0.4, -0.2) is 51.4 Å². The average Bonchev–Trinajstić information content (AvgIpc) is 2.40. The Labute approximate surface area is 119 Å². The van der Waals surface area contributed by atoms with Crippen LogP contribution in [0.15, 0.2) is 0 Å². The number of rotatable bonds is 14. The van der Waals surface area contributed by atoms with E-state index in [1.54, 1.807) is 0 Å². The average molecular weight is 297 g/mol. The Morgan fingerprint density at radius 1 is 1.00 bits per heavy atom. The minimum Gasteiger partial charge on any atom is -0.379 e. The van der Waals surface area contributed by atoms with Crippen molar-refractivity contribution in [3.8, 4) is 0 Å². The molecule has 1 amide bonds. The van der Waals surface area contributed by atoms with E-state index >= 15 is 0 Å². The summed E-state index contributed by atoms with van der Waals surface area (Å²) in [6, 6.07) is 0. The van der Waals surface area contributed by atoms with Crippen molar-refractivity contribution in [2.45, 2.75) is 25.7 Å². The lowest BCUT2D eigenvalue weighted by molar-refractivity contribution is -0.126. The molecule has 0 rings (SSSR count). The number of hydrogen-bond donors (Lipinski definition) is 2. The molecule has 7 heteroatoms. The Bertz CT molecular complexity index is 208. The van der Waals surface area contributed by atoms with Gasteiger partial charge in [0, 0.05) is 19.0 Å². The number of alkyl halides is 1. The van der Waals surface area contributed by atoms with Gasteiger partial charge in [-0.2, -0.15) is 0 Å². The highest BCUT2D eigenvalue weighted by molar-refractivity contribution is 6.17. The predicted octanol–water partition coefficient (Wildman–Crippen LogP) is 0.825. The van der Waals surface area contributed by atoms with Crippen LogP contribution in [-0.2, 0) is 19.1 Å². The van der Waals surface area contributed by atoms with Gasteiger partial charge in [0.25, 0.3) is 0 Å². The normalized spacial score (nSPS) is 10.6. The highest BCUT2D eigenvalue weighted by Gasteiger charge is 1.98. The number of amides is 1. The van der Waals surface area contributed by atoms with Crippen LogP contribution in [0.2, 0.25) is 0 Å². The van der Waals surface area contributed by atoms with Crippen molar-refractivity contribution < 1.29 is 19.1 Å². The molecule has 6 nitrogen and oxygen atoms in total. The third kappa shape index (κ3) is 15.5. The lowest BCUT2D eigenvalue weighted by Gasteiger charge is -2.06. The Morgan fingerprint density at radius 3 is 2.37 bits per heavy atom. The molecule has 0 saturated carbocycles. The first-order chi connectivity index (χ1) is 9.31. The maximum absolute atomic E-state index is 10.9. The van der Waals surface area contributed by atoms with Crippen LogP contribution in [0.5, 0.6) is 0 Å². The summed E-state index contributed by atoms with van der Waals surface area (Å²) in [5, 5.41) is 2.59. The van der Waals surface area contributed by atoms with Gasteiger partial charge in [-0.25, -0.2) is 5.90 Å². The van der Waals surface area contributed by atoms with Crippen LogP contribution in [0.1, 0.15) is 25.7 Å². The summed E-state index contributed by atoms with van der Waals surface area (Å²) in [6.45, 7) is 2.64. The number of ether oxygens (including phenoxy) is 2. The Kier molecular flexibility index (Phi) is 15.3. The molecule has 0 aliphatic carbocycles. The van der Waals surface area contributed by atoms with Gasteiger partial charge < -0.3 is 14.8 Å². The van der Waals surface area contributed by atoms with Gasteiger partial charge >= 0.3 is 0 Å². The summed E-state index contributed by atoms with van der Waals surface area (Å²) < 4.78 is 10.7. The van der Waals surface area contributed by atoms with E-state index in [0.29, 0.717) is 26.4 Å². The van der Waals surface area contributed by atoms with Crippen molar-refractivity contribution >= 4 is 17.5 Å². The van der Waals surface area contributed by atoms with Gasteiger partial charge in [-0.05, 0) is 12.8 Å². The minimum atomic E-state index is -0.251. The third-order valence-electron chi connectivity index (χ3n) is 2.33. The fourth-order valence-electron chi connectivity index (χ4n) is 1.36. The van der Waals surface area contributed by atoms with Gasteiger partial charge in [0.15, 0.2) is 0 Å². The van der Waals surface area contributed by atoms with Crippen LogP contribution in [0, 0.1) is 0 Å². The van der Waals surface area contributed by atoms with E-state index in [1.165, 1.54) is 0 Å². The second-order valence-corrected chi connectivity index (χ2v) is 4.37. The number of carbonyl (C=O) groups is 1. The van der Waals surface area contributed by atoms with E-state index in [2.05, 4.69) is 10.2 Å². The quantitative estimate of drug-likeness (QED) is 0.282. The molecule has 0 aromatic heterocycles. The van der Waals surface area contributed by atoms with Gasteiger partial charge in [-0.3, -0.25) is 9.63 Å². The number of nitrogens with two attached hydrogens (primary N) is 1. The van der Waals surface area contributed by atoms with Crippen LogP contribution in [0.25, 0.3) is 0 Å².